The predicted octanol–water partition coefficient (Wildman–Crippen LogP) is 2.45. The van der Waals surface area contributed by atoms with Gasteiger partial charge in [-0.25, -0.2) is 0 Å². The van der Waals surface area contributed by atoms with E-state index in [9.17, 15) is 9.59 Å². The van der Waals surface area contributed by atoms with E-state index in [1.807, 2.05) is 12.1 Å². The summed E-state index contributed by atoms with van der Waals surface area (Å²) in [4.78, 5) is 25.1. The van der Waals surface area contributed by atoms with Crippen molar-refractivity contribution in [3.05, 3.63) is 51.9 Å². The van der Waals surface area contributed by atoms with Crippen LogP contribution in [-0.4, -0.2) is 24.7 Å². The van der Waals surface area contributed by atoms with Gasteiger partial charge in [0.15, 0.2) is 0 Å². The number of anilines is 1. The summed E-state index contributed by atoms with van der Waals surface area (Å²) >= 11 is 0. The van der Waals surface area contributed by atoms with E-state index in [-0.39, 0.29) is 11.5 Å². The van der Waals surface area contributed by atoms with E-state index >= 15 is 0 Å². The number of carbonyl (C=O) groups excluding carboxylic acids is 1. The number of methoxy groups -OCH3 is 2. The Bertz CT molecular complexity index is 826. The molecule has 0 bridgehead atoms. The lowest BCUT2D eigenvalue weighted by molar-refractivity contribution is 0.102. The Balaban J connectivity index is 2.05. The van der Waals surface area contributed by atoms with Crippen LogP contribution in [0.2, 0.25) is 0 Å². The Hall–Kier alpha value is -2.76. The zero-order valence-corrected chi connectivity index (χ0v) is 13.8. The summed E-state index contributed by atoms with van der Waals surface area (Å²) < 4.78 is 12.2. The largest absolute Gasteiger partial charge is 0.496 e. The van der Waals surface area contributed by atoms with E-state index in [1.54, 1.807) is 23.8 Å². The minimum Gasteiger partial charge on any atom is -0.496 e. The van der Waals surface area contributed by atoms with Gasteiger partial charge in [-0.2, -0.15) is 0 Å². The van der Waals surface area contributed by atoms with Crippen LogP contribution in [0.1, 0.15) is 28.9 Å². The van der Waals surface area contributed by atoms with Crippen LogP contribution in [0.25, 0.3) is 0 Å². The van der Waals surface area contributed by atoms with E-state index in [4.69, 9.17) is 9.47 Å². The molecule has 0 saturated heterocycles. The number of carbonyl (C=O) groups is 1. The van der Waals surface area contributed by atoms with Crippen molar-refractivity contribution in [3.63, 3.8) is 0 Å². The third-order valence-corrected chi connectivity index (χ3v) is 4.23. The third kappa shape index (κ3) is 2.87. The molecule has 0 unspecified atom stereocenters. The van der Waals surface area contributed by atoms with Gasteiger partial charge in [-0.05, 0) is 31.4 Å². The Morgan fingerprint density at radius 1 is 1.12 bits per heavy atom. The molecule has 2 heterocycles. The van der Waals surface area contributed by atoms with Gasteiger partial charge in [-0.3, -0.25) is 9.59 Å². The van der Waals surface area contributed by atoms with Crippen LogP contribution >= 0.6 is 0 Å². The Labute approximate surface area is 140 Å². The fourth-order valence-corrected chi connectivity index (χ4v) is 3.08. The number of aromatic nitrogens is 1. The van der Waals surface area contributed by atoms with Crippen molar-refractivity contribution in [2.24, 2.45) is 0 Å². The molecule has 1 amide bonds. The highest BCUT2D eigenvalue weighted by Crippen LogP contribution is 2.28. The lowest BCUT2D eigenvalue weighted by Crippen LogP contribution is -2.30. The maximum Gasteiger partial charge on any atom is 0.261 e. The number of nitrogens with zero attached hydrogens (tertiary/aromatic N) is 1. The van der Waals surface area contributed by atoms with Crippen LogP contribution in [0.15, 0.2) is 35.1 Å². The van der Waals surface area contributed by atoms with Crippen LogP contribution in [0.3, 0.4) is 0 Å². The fraction of sp³-hybridized carbons (Fsp3) is 0.333. The first-order valence-corrected chi connectivity index (χ1v) is 7.90. The van der Waals surface area contributed by atoms with Crippen LogP contribution in [0.5, 0.6) is 11.5 Å². The number of hydrogen-bond donors (Lipinski definition) is 1. The van der Waals surface area contributed by atoms with Crippen molar-refractivity contribution in [2.75, 3.05) is 19.5 Å². The smallest absolute Gasteiger partial charge is 0.261 e. The maximum absolute atomic E-state index is 12.9. The van der Waals surface area contributed by atoms with Crippen LogP contribution in [-0.2, 0) is 13.0 Å². The van der Waals surface area contributed by atoms with Gasteiger partial charge in [0.1, 0.15) is 17.1 Å². The molecule has 0 radical (unpaired) electrons. The maximum atomic E-state index is 12.9. The minimum atomic E-state index is -0.304. The molecule has 1 aliphatic heterocycles. The molecule has 1 aromatic heterocycles. The number of ether oxygens (including phenoxy) is 2. The highest BCUT2D eigenvalue weighted by Gasteiger charge is 2.24. The number of hydrogen-bond acceptors (Lipinski definition) is 4. The molecule has 0 saturated carbocycles. The molecule has 126 valence electrons. The SMILES string of the molecule is COc1ccccc1NC(=O)c1c(OC)cc(=O)n2c1CCCC2. The highest BCUT2D eigenvalue weighted by molar-refractivity contribution is 6.07. The number of rotatable bonds is 4. The monoisotopic (exact) mass is 328 g/mol. The van der Waals surface area contributed by atoms with Crippen LogP contribution < -0.4 is 20.3 Å². The van der Waals surface area contributed by atoms with E-state index in [1.165, 1.54) is 13.2 Å². The number of amides is 1. The average molecular weight is 328 g/mol. The molecule has 6 nitrogen and oxygen atoms in total. The molecule has 1 aromatic carbocycles. The zero-order chi connectivity index (χ0) is 17.1. The van der Waals surface area contributed by atoms with Crippen LogP contribution in [0, 0.1) is 0 Å². The van der Waals surface area contributed by atoms with Crippen molar-refractivity contribution >= 4 is 11.6 Å². The van der Waals surface area contributed by atoms with E-state index in [0.29, 0.717) is 35.7 Å². The van der Waals surface area contributed by atoms with Gasteiger partial charge in [-0.15, -0.1) is 0 Å². The number of para-hydroxylation sites is 2. The number of pyridine rings is 1. The molecule has 0 spiro atoms. The molecular weight excluding hydrogens is 308 g/mol. The molecule has 1 aliphatic rings. The second-order valence-corrected chi connectivity index (χ2v) is 5.64. The number of fused-ring (bicyclic) bond motifs is 1. The second kappa shape index (κ2) is 6.78. The summed E-state index contributed by atoms with van der Waals surface area (Å²) in [7, 11) is 3.02. The standard InChI is InChI=1S/C18H20N2O4/c1-23-14-9-4-3-7-12(14)19-18(22)17-13-8-5-6-10-20(13)16(21)11-15(17)24-2/h3-4,7,9,11H,5-6,8,10H2,1-2H3,(H,19,22). The Morgan fingerprint density at radius 2 is 1.88 bits per heavy atom. The second-order valence-electron chi connectivity index (χ2n) is 5.64. The van der Waals surface area contributed by atoms with E-state index in [2.05, 4.69) is 5.32 Å². The molecule has 0 aliphatic carbocycles. The molecule has 1 N–H and O–H groups in total. The highest BCUT2D eigenvalue weighted by atomic mass is 16.5. The lowest BCUT2D eigenvalue weighted by atomic mass is 10.0. The van der Waals surface area contributed by atoms with Crippen molar-refractivity contribution in [2.45, 2.75) is 25.8 Å². The van der Waals surface area contributed by atoms with Crippen molar-refractivity contribution in [3.8, 4) is 11.5 Å². The quantitative estimate of drug-likeness (QED) is 0.936. The molecule has 0 fully saturated rings. The summed E-state index contributed by atoms with van der Waals surface area (Å²) in [6.45, 7) is 0.632. The summed E-state index contributed by atoms with van der Waals surface area (Å²) in [6, 6.07) is 8.58. The Morgan fingerprint density at radius 3 is 2.62 bits per heavy atom. The summed E-state index contributed by atoms with van der Waals surface area (Å²) in [5.74, 6) is 0.578. The van der Waals surface area contributed by atoms with Crippen molar-refractivity contribution in [1.29, 1.82) is 0 Å². The lowest BCUT2D eigenvalue weighted by Gasteiger charge is -2.23. The van der Waals surface area contributed by atoms with Crippen molar-refractivity contribution < 1.29 is 14.3 Å². The molecule has 3 rings (SSSR count). The number of benzene rings is 1. The average Bonchev–Trinajstić information content (AvgIpc) is 2.62. The van der Waals surface area contributed by atoms with Gasteiger partial charge >= 0.3 is 0 Å². The first kappa shape index (κ1) is 16.1. The fourth-order valence-electron chi connectivity index (χ4n) is 3.08. The summed E-state index contributed by atoms with van der Waals surface area (Å²) in [5, 5.41) is 2.86. The van der Waals surface area contributed by atoms with Gasteiger partial charge in [0.2, 0.25) is 0 Å². The first-order chi connectivity index (χ1) is 11.7. The van der Waals surface area contributed by atoms with Crippen LogP contribution in [0.4, 0.5) is 5.69 Å². The molecule has 24 heavy (non-hydrogen) atoms. The number of nitrogens with one attached hydrogen (secondary N) is 1. The van der Waals surface area contributed by atoms with Gasteiger partial charge < -0.3 is 19.4 Å². The third-order valence-electron chi connectivity index (χ3n) is 4.23. The van der Waals surface area contributed by atoms with Gasteiger partial charge in [0.25, 0.3) is 11.5 Å². The van der Waals surface area contributed by atoms with Gasteiger partial charge in [0, 0.05) is 18.3 Å². The predicted molar refractivity (Wildman–Crippen MR) is 91.1 cm³/mol. The first-order valence-electron chi connectivity index (χ1n) is 7.90. The summed E-state index contributed by atoms with van der Waals surface area (Å²) in [5.41, 5.74) is 1.60. The van der Waals surface area contributed by atoms with E-state index < -0.39 is 0 Å². The topological polar surface area (TPSA) is 69.6 Å². The van der Waals surface area contributed by atoms with Crippen molar-refractivity contribution in [1.82, 2.24) is 4.57 Å². The van der Waals surface area contributed by atoms with E-state index in [0.717, 1.165) is 18.5 Å². The minimum absolute atomic E-state index is 0.129. The summed E-state index contributed by atoms with van der Waals surface area (Å²) in [6.07, 6.45) is 2.56. The normalized spacial score (nSPS) is 13.1. The molecule has 6 heteroatoms. The van der Waals surface area contributed by atoms with Gasteiger partial charge in [-0.1, -0.05) is 12.1 Å². The molecule has 2 aromatic rings. The Kier molecular flexibility index (Phi) is 4.55. The van der Waals surface area contributed by atoms with Gasteiger partial charge in [0.05, 0.1) is 19.9 Å². The molecular formula is C18H20N2O4. The molecule has 0 atom stereocenters. The zero-order valence-electron chi connectivity index (χ0n) is 13.8.